The van der Waals surface area contributed by atoms with Gasteiger partial charge in [0.2, 0.25) is 0 Å². The maximum absolute atomic E-state index is 12.4. The van der Waals surface area contributed by atoms with Crippen LogP contribution >= 0.6 is 33.9 Å². The van der Waals surface area contributed by atoms with E-state index >= 15 is 0 Å². The minimum Gasteiger partial charge on any atom is -0.484 e. The van der Waals surface area contributed by atoms with E-state index in [-0.39, 0.29) is 12.5 Å². The summed E-state index contributed by atoms with van der Waals surface area (Å²) in [6, 6.07) is 16.0. The summed E-state index contributed by atoms with van der Waals surface area (Å²) in [7, 11) is 0. The fourth-order valence-electron chi connectivity index (χ4n) is 3.21. The van der Waals surface area contributed by atoms with Crippen molar-refractivity contribution in [3.8, 4) is 5.75 Å². The molecule has 1 saturated heterocycles. The average Bonchev–Trinajstić information content (AvgIpc) is 3.12. The average molecular weight is 478 g/mol. The van der Waals surface area contributed by atoms with Crippen molar-refractivity contribution >= 4 is 50.1 Å². The molecule has 4 nitrogen and oxygen atoms in total. The van der Waals surface area contributed by atoms with Gasteiger partial charge in [-0.2, -0.15) is 0 Å². The predicted molar refractivity (Wildman–Crippen MR) is 113 cm³/mol. The highest BCUT2D eigenvalue weighted by Crippen LogP contribution is 2.33. The van der Waals surface area contributed by atoms with E-state index in [1.165, 1.54) is 9.71 Å². The number of piperidine rings is 1. The molecule has 0 unspecified atom stereocenters. The first-order chi connectivity index (χ1) is 12.7. The first-order valence-corrected chi connectivity index (χ1v) is 10.6. The van der Waals surface area contributed by atoms with Crippen LogP contribution in [0.15, 0.2) is 48.5 Å². The normalized spacial score (nSPS) is 15.3. The number of likely N-dealkylation sites (tertiary alicyclic amines) is 1. The Hall–Kier alpha value is -1.67. The van der Waals surface area contributed by atoms with E-state index in [4.69, 9.17) is 9.72 Å². The van der Waals surface area contributed by atoms with E-state index < -0.39 is 0 Å². The van der Waals surface area contributed by atoms with Crippen LogP contribution in [-0.4, -0.2) is 35.5 Å². The van der Waals surface area contributed by atoms with Crippen LogP contribution in [0.5, 0.6) is 5.75 Å². The Morgan fingerprint density at radius 3 is 2.62 bits per heavy atom. The molecule has 0 atom stereocenters. The molecule has 26 heavy (non-hydrogen) atoms. The number of ether oxygens (including phenoxy) is 1. The predicted octanol–water partition coefficient (Wildman–Crippen LogP) is 4.69. The second-order valence-electron chi connectivity index (χ2n) is 6.42. The smallest absolute Gasteiger partial charge is 0.260 e. The Morgan fingerprint density at radius 1 is 1.15 bits per heavy atom. The van der Waals surface area contributed by atoms with Crippen molar-refractivity contribution in [1.82, 2.24) is 9.88 Å². The van der Waals surface area contributed by atoms with E-state index in [1.807, 2.05) is 35.2 Å². The highest BCUT2D eigenvalue weighted by molar-refractivity contribution is 14.1. The molecule has 1 aromatic heterocycles. The molecular formula is C20H19IN2O2S. The maximum Gasteiger partial charge on any atom is 0.260 e. The largest absolute Gasteiger partial charge is 0.484 e. The molecule has 1 aliphatic heterocycles. The summed E-state index contributed by atoms with van der Waals surface area (Å²) in [5.74, 6) is 1.25. The van der Waals surface area contributed by atoms with Crippen LogP contribution in [0.1, 0.15) is 23.8 Å². The van der Waals surface area contributed by atoms with Gasteiger partial charge in [-0.15, -0.1) is 11.3 Å². The molecule has 6 heteroatoms. The van der Waals surface area contributed by atoms with Crippen molar-refractivity contribution in [2.24, 2.45) is 0 Å². The SMILES string of the molecule is O=C(COc1ccc(I)cc1)N1CCC(c2nc3ccccc3s2)CC1. The number of carbonyl (C=O) groups is 1. The highest BCUT2D eigenvalue weighted by atomic mass is 127. The summed E-state index contributed by atoms with van der Waals surface area (Å²) in [5.41, 5.74) is 1.08. The summed E-state index contributed by atoms with van der Waals surface area (Å²) < 4.78 is 8.02. The lowest BCUT2D eigenvalue weighted by Crippen LogP contribution is -2.40. The van der Waals surface area contributed by atoms with Crippen LogP contribution in [0.25, 0.3) is 10.2 Å². The van der Waals surface area contributed by atoms with Gasteiger partial charge in [0, 0.05) is 22.6 Å². The Kier molecular flexibility index (Phi) is 5.40. The fourth-order valence-corrected chi connectivity index (χ4v) is 4.70. The molecule has 134 valence electrons. The molecule has 0 bridgehead atoms. The number of fused-ring (bicyclic) bond motifs is 1. The number of rotatable bonds is 4. The van der Waals surface area contributed by atoms with Crippen LogP contribution in [0.3, 0.4) is 0 Å². The van der Waals surface area contributed by atoms with Crippen LogP contribution in [0.4, 0.5) is 0 Å². The molecule has 2 aromatic carbocycles. The van der Waals surface area contributed by atoms with Crippen molar-refractivity contribution in [3.63, 3.8) is 0 Å². The van der Waals surface area contributed by atoms with Gasteiger partial charge in [0.1, 0.15) is 5.75 Å². The zero-order valence-corrected chi connectivity index (χ0v) is 17.2. The van der Waals surface area contributed by atoms with Gasteiger partial charge in [-0.05, 0) is 71.8 Å². The second-order valence-corrected chi connectivity index (χ2v) is 8.73. The van der Waals surface area contributed by atoms with E-state index in [0.29, 0.717) is 5.92 Å². The van der Waals surface area contributed by atoms with Crippen molar-refractivity contribution in [3.05, 3.63) is 57.1 Å². The maximum atomic E-state index is 12.4. The molecule has 0 saturated carbocycles. The van der Waals surface area contributed by atoms with Crippen LogP contribution in [0, 0.1) is 3.57 Å². The van der Waals surface area contributed by atoms with Crippen LogP contribution in [0.2, 0.25) is 0 Å². The monoisotopic (exact) mass is 478 g/mol. The molecular weight excluding hydrogens is 459 g/mol. The number of thiazole rings is 1. The zero-order chi connectivity index (χ0) is 17.9. The van der Waals surface area contributed by atoms with Gasteiger partial charge in [0.15, 0.2) is 6.61 Å². The number of nitrogens with zero attached hydrogens (tertiary/aromatic N) is 2. The van der Waals surface area contributed by atoms with Gasteiger partial charge in [-0.25, -0.2) is 4.98 Å². The molecule has 1 amide bonds. The Labute approximate surface area is 170 Å². The second kappa shape index (κ2) is 7.92. The van der Waals surface area contributed by atoms with Gasteiger partial charge in [0.05, 0.1) is 15.2 Å². The summed E-state index contributed by atoms with van der Waals surface area (Å²) in [6.45, 7) is 1.65. The Morgan fingerprint density at radius 2 is 1.88 bits per heavy atom. The van der Waals surface area contributed by atoms with Crippen LogP contribution in [-0.2, 0) is 4.79 Å². The molecule has 0 radical (unpaired) electrons. The number of hydrogen-bond donors (Lipinski definition) is 0. The summed E-state index contributed by atoms with van der Waals surface area (Å²) in [6.07, 6.45) is 1.93. The number of halogens is 1. The summed E-state index contributed by atoms with van der Waals surface area (Å²) in [4.78, 5) is 19.1. The van der Waals surface area contributed by atoms with E-state index in [9.17, 15) is 4.79 Å². The van der Waals surface area contributed by atoms with Gasteiger partial charge in [0.25, 0.3) is 5.91 Å². The van der Waals surface area contributed by atoms with Gasteiger partial charge in [-0.3, -0.25) is 4.79 Å². The topological polar surface area (TPSA) is 42.4 Å². The lowest BCUT2D eigenvalue weighted by Gasteiger charge is -2.31. The zero-order valence-electron chi connectivity index (χ0n) is 14.2. The van der Waals surface area contributed by atoms with Crippen LogP contribution < -0.4 is 4.74 Å². The first-order valence-electron chi connectivity index (χ1n) is 8.70. The quantitative estimate of drug-likeness (QED) is 0.512. The molecule has 0 aliphatic carbocycles. The van der Waals surface area contributed by atoms with Gasteiger partial charge in [-0.1, -0.05) is 12.1 Å². The standard InChI is InChI=1S/C20H19IN2O2S/c21-15-5-7-16(8-6-15)25-13-19(24)23-11-9-14(10-12-23)20-22-17-3-1-2-4-18(17)26-20/h1-8,14H,9-13H2. The molecule has 0 N–H and O–H groups in total. The number of benzene rings is 2. The summed E-state index contributed by atoms with van der Waals surface area (Å²) >= 11 is 4.03. The lowest BCUT2D eigenvalue weighted by atomic mass is 9.97. The number of carbonyl (C=O) groups excluding carboxylic acids is 1. The third-order valence-corrected chi connectivity index (χ3v) is 6.60. The van der Waals surface area contributed by atoms with Crippen molar-refractivity contribution in [2.75, 3.05) is 19.7 Å². The van der Waals surface area contributed by atoms with Crippen molar-refractivity contribution in [2.45, 2.75) is 18.8 Å². The van der Waals surface area contributed by atoms with E-state index in [2.05, 4.69) is 40.8 Å². The first kappa shape index (κ1) is 17.7. The van der Waals surface area contributed by atoms with E-state index in [0.717, 1.165) is 40.8 Å². The molecule has 3 aromatic rings. The summed E-state index contributed by atoms with van der Waals surface area (Å²) in [5, 5.41) is 1.20. The molecule has 0 spiro atoms. The molecule has 4 rings (SSSR count). The van der Waals surface area contributed by atoms with Gasteiger partial charge >= 0.3 is 0 Å². The number of aromatic nitrogens is 1. The Bertz CT molecular complexity index is 869. The highest BCUT2D eigenvalue weighted by Gasteiger charge is 2.26. The molecule has 2 heterocycles. The lowest BCUT2D eigenvalue weighted by molar-refractivity contribution is -0.134. The minimum atomic E-state index is 0.0614. The number of hydrogen-bond acceptors (Lipinski definition) is 4. The third kappa shape index (κ3) is 4.01. The fraction of sp³-hybridized carbons (Fsp3) is 0.300. The Balaban J connectivity index is 1.31. The molecule has 1 fully saturated rings. The number of amides is 1. The van der Waals surface area contributed by atoms with Gasteiger partial charge < -0.3 is 9.64 Å². The van der Waals surface area contributed by atoms with E-state index in [1.54, 1.807) is 11.3 Å². The molecule has 1 aliphatic rings. The van der Waals surface area contributed by atoms with Crippen molar-refractivity contribution < 1.29 is 9.53 Å². The van der Waals surface area contributed by atoms with Crippen molar-refractivity contribution in [1.29, 1.82) is 0 Å². The number of para-hydroxylation sites is 1. The third-order valence-electron chi connectivity index (χ3n) is 4.68. The minimum absolute atomic E-state index is 0.0614.